The number of carbonyl (C=O) groups is 1. The van der Waals surface area contributed by atoms with Crippen LogP contribution in [0.5, 0.6) is 17.2 Å². The maximum absolute atomic E-state index is 11.7. The van der Waals surface area contributed by atoms with Crippen molar-refractivity contribution in [2.75, 3.05) is 13.7 Å². The van der Waals surface area contributed by atoms with Crippen molar-refractivity contribution in [2.24, 2.45) is 5.10 Å². The quantitative estimate of drug-likeness (QED) is 0.562. The molecule has 0 bridgehead atoms. The Labute approximate surface area is 152 Å². The standard InChI is InChI=1S/C16H14BrClN2O4/c1-23-12-3-5-15(13(17)7-12)24-9-16(22)20-19-8-10-6-11(18)2-4-14(10)21/h2-8,21H,9H2,1H3,(H,20,22)/b19-8+. The van der Waals surface area contributed by atoms with E-state index in [2.05, 4.69) is 26.5 Å². The molecule has 0 saturated heterocycles. The molecule has 0 aliphatic carbocycles. The van der Waals surface area contributed by atoms with Crippen LogP contribution < -0.4 is 14.9 Å². The third kappa shape index (κ3) is 5.14. The molecule has 1 amide bonds. The number of amides is 1. The number of ether oxygens (including phenoxy) is 2. The first-order valence-corrected chi connectivity index (χ1v) is 7.93. The fraction of sp³-hybridized carbons (Fsp3) is 0.125. The smallest absolute Gasteiger partial charge is 0.277 e. The van der Waals surface area contributed by atoms with E-state index in [4.69, 9.17) is 21.1 Å². The molecular formula is C16H14BrClN2O4. The van der Waals surface area contributed by atoms with E-state index in [1.807, 2.05) is 0 Å². The number of methoxy groups -OCH3 is 1. The van der Waals surface area contributed by atoms with E-state index in [1.165, 1.54) is 18.3 Å². The number of nitrogens with one attached hydrogen (secondary N) is 1. The lowest BCUT2D eigenvalue weighted by atomic mass is 10.2. The molecule has 126 valence electrons. The molecule has 0 fully saturated rings. The van der Waals surface area contributed by atoms with Gasteiger partial charge in [0.05, 0.1) is 17.8 Å². The van der Waals surface area contributed by atoms with E-state index < -0.39 is 5.91 Å². The molecule has 0 atom stereocenters. The molecule has 0 spiro atoms. The Morgan fingerprint density at radius 3 is 2.88 bits per heavy atom. The van der Waals surface area contributed by atoms with Crippen LogP contribution in [-0.2, 0) is 4.79 Å². The number of benzene rings is 2. The summed E-state index contributed by atoms with van der Waals surface area (Å²) in [6, 6.07) is 9.65. The fourth-order valence-electron chi connectivity index (χ4n) is 1.70. The van der Waals surface area contributed by atoms with E-state index in [0.29, 0.717) is 26.6 Å². The average Bonchev–Trinajstić information content (AvgIpc) is 2.56. The minimum absolute atomic E-state index is 0.0100. The molecular weight excluding hydrogens is 400 g/mol. The first-order valence-electron chi connectivity index (χ1n) is 6.76. The largest absolute Gasteiger partial charge is 0.507 e. The molecule has 2 aromatic rings. The van der Waals surface area contributed by atoms with Crippen molar-refractivity contribution >= 4 is 39.7 Å². The van der Waals surface area contributed by atoms with Crippen molar-refractivity contribution < 1.29 is 19.4 Å². The second-order valence-corrected chi connectivity index (χ2v) is 5.87. The zero-order chi connectivity index (χ0) is 17.5. The molecule has 0 heterocycles. The second-order valence-electron chi connectivity index (χ2n) is 4.58. The van der Waals surface area contributed by atoms with Gasteiger partial charge in [0.2, 0.25) is 0 Å². The van der Waals surface area contributed by atoms with Crippen LogP contribution in [0.25, 0.3) is 0 Å². The van der Waals surface area contributed by atoms with Crippen molar-refractivity contribution in [3.63, 3.8) is 0 Å². The zero-order valence-electron chi connectivity index (χ0n) is 12.6. The van der Waals surface area contributed by atoms with E-state index in [9.17, 15) is 9.90 Å². The first kappa shape index (κ1) is 18.1. The van der Waals surface area contributed by atoms with Crippen LogP contribution in [0.3, 0.4) is 0 Å². The Bertz CT molecular complexity index is 768. The molecule has 8 heteroatoms. The zero-order valence-corrected chi connectivity index (χ0v) is 15.0. The summed E-state index contributed by atoms with van der Waals surface area (Å²) in [4.78, 5) is 11.7. The molecule has 0 unspecified atom stereocenters. The van der Waals surface area contributed by atoms with Gasteiger partial charge in [-0.05, 0) is 52.3 Å². The van der Waals surface area contributed by atoms with Gasteiger partial charge in [-0.1, -0.05) is 11.6 Å². The number of carbonyl (C=O) groups excluding carboxylic acids is 1. The lowest BCUT2D eigenvalue weighted by molar-refractivity contribution is -0.123. The van der Waals surface area contributed by atoms with E-state index in [-0.39, 0.29) is 12.4 Å². The summed E-state index contributed by atoms with van der Waals surface area (Å²) in [6.45, 7) is -0.218. The van der Waals surface area contributed by atoms with Crippen molar-refractivity contribution in [3.8, 4) is 17.2 Å². The van der Waals surface area contributed by atoms with Gasteiger partial charge in [-0.25, -0.2) is 5.43 Å². The molecule has 24 heavy (non-hydrogen) atoms. The predicted molar refractivity (Wildman–Crippen MR) is 95.0 cm³/mol. The van der Waals surface area contributed by atoms with Crippen LogP contribution in [0, 0.1) is 0 Å². The van der Waals surface area contributed by atoms with Crippen molar-refractivity contribution in [3.05, 3.63) is 51.5 Å². The Morgan fingerprint density at radius 1 is 1.38 bits per heavy atom. The van der Waals surface area contributed by atoms with Crippen LogP contribution in [0.15, 0.2) is 46.0 Å². The maximum atomic E-state index is 11.7. The topological polar surface area (TPSA) is 80.2 Å². The first-order chi connectivity index (χ1) is 11.5. The number of halogens is 2. The highest BCUT2D eigenvalue weighted by atomic mass is 79.9. The minimum Gasteiger partial charge on any atom is -0.507 e. The summed E-state index contributed by atoms with van der Waals surface area (Å²) < 4.78 is 11.1. The monoisotopic (exact) mass is 412 g/mol. The molecule has 0 radical (unpaired) electrons. The Morgan fingerprint density at radius 2 is 2.17 bits per heavy atom. The lowest BCUT2D eigenvalue weighted by Gasteiger charge is -2.08. The van der Waals surface area contributed by atoms with E-state index >= 15 is 0 Å². The van der Waals surface area contributed by atoms with Gasteiger partial charge < -0.3 is 14.6 Å². The molecule has 6 nitrogen and oxygen atoms in total. The molecule has 0 saturated carbocycles. The fourth-order valence-corrected chi connectivity index (χ4v) is 2.36. The van der Waals surface area contributed by atoms with Crippen LogP contribution in [-0.4, -0.2) is 30.9 Å². The van der Waals surface area contributed by atoms with Gasteiger partial charge in [-0.3, -0.25) is 4.79 Å². The number of rotatable bonds is 6. The highest BCUT2D eigenvalue weighted by Crippen LogP contribution is 2.29. The van der Waals surface area contributed by atoms with Gasteiger partial charge in [0, 0.05) is 10.6 Å². The Kier molecular flexibility index (Phi) is 6.45. The van der Waals surface area contributed by atoms with Crippen molar-refractivity contribution in [1.29, 1.82) is 0 Å². The van der Waals surface area contributed by atoms with Gasteiger partial charge in [-0.2, -0.15) is 5.10 Å². The summed E-state index contributed by atoms with van der Waals surface area (Å²) in [5, 5.41) is 13.8. The molecule has 2 aromatic carbocycles. The van der Waals surface area contributed by atoms with Crippen LogP contribution in [0.4, 0.5) is 0 Å². The van der Waals surface area contributed by atoms with E-state index in [1.54, 1.807) is 31.4 Å². The maximum Gasteiger partial charge on any atom is 0.277 e. The number of aromatic hydroxyl groups is 1. The van der Waals surface area contributed by atoms with Crippen molar-refractivity contribution in [1.82, 2.24) is 5.43 Å². The molecule has 0 aliphatic heterocycles. The summed E-state index contributed by atoms with van der Waals surface area (Å²) in [6.07, 6.45) is 1.29. The van der Waals surface area contributed by atoms with Gasteiger partial charge in [0.25, 0.3) is 5.91 Å². The Hall–Kier alpha value is -2.25. The third-order valence-electron chi connectivity index (χ3n) is 2.88. The number of phenols is 1. The van der Waals surface area contributed by atoms with Crippen molar-refractivity contribution in [2.45, 2.75) is 0 Å². The van der Waals surface area contributed by atoms with Gasteiger partial charge >= 0.3 is 0 Å². The Balaban J connectivity index is 1.87. The molecule has 0 aromatic heterocycles. The van der Waals surface area contributed by atoms with Crippen LogP contribution in [0.1, 0.15) is 5.56 Å². The highest BCUT2D eigenvalue weighted by molar-refractivity contribution is 9.10. The van der Waals surface area contributed by atoms with E-state index in [0.717, 1.165) is 0 Å². The third-order valence-corrected chi connectivity index (χ3v) is 3.74. The number of phenolic OH excluding ortho intramolecular Hbond substituents is 1. The molecule has 2 N–H and O–H groups in total. The number of hydrogen-bond donors (Lipinski definition) is 2. The number of hydrazone groups is 1. The lowest BCUT2D eigenvalue weighted by Crippen LogP contribution is -2.24. The molecule has 2 rings (SSSR count). The molecule has 0 aliphatic rings. The predicted octanol–water partition coefficient (Wildman–Crippen LogP) is 3.35. The summed E-state index contributed by atoms with van der Waals surface area (Å²) in [5.74, 6) is 0.735. The average molecular weight is 414 g/mol. The van der Waals surface area contributed by atoms with Gasteiger partial charge in [0.15, 0.2) is 6.61 Å². The second kappa shape index (κ2) is 8.56. The number of hydrogen-bond acceptors (Lipinski definition) is 5. The SMILES string of the molecule is COc1ccc(OCC(=O)N/N=C/c2cc(Cl)ccc2O)c(Br)c1. The summed E-state index contributed by atoms with van der Waals surface area (Å²) in [7, 11) is 1.56. The van der Waals surface area contributed by atoms with Gasteiger partial charge in [-0.15, -0.1) is 0 Å². The highest BCUT2D eigenvalue weighted by Gasteiger charge is 2.06. The van der Waals surface area contributed by atoms with Gasteiger partial charge in [0.1, 0.15) is 17.2 Å². The van der Waals surface area contributed by atoms with Crippen LogP contribution in [0.2, 0.25) is 5.02 Å². The van der Waals surface area contributed by atoms with Crippen LogP contribution >= 0.6 is 27.5 Å². The summed E-state index contributed by atoms with van der Waals surface area (Å²) in [5.41, 5.74) is 2.69. The minimum atomic E-state index is -0.449. The number of nitrogens with zero attached hydrogens (tertiary/aromatic N) is 1. The normalized spacial score (nSPS) is 10.6. The summed E-state index contributed by atoms with van der Waals surface area (Å²) >= 11 is 9.15.